The van der Waals surface area contributed by atoms with Gasteiger partial charge < -0.3 is 14.6 Å². The van der Waals surface area contributed by atoms with Gasteiger partial charge in [0.05, 0.1) is 0 Å². The SMILES string of the molecule is OCCCCCCCCCCC=CCCCCOC1CCCCO1. The third kappa shape index (κ3) is 14.0. The van der Waals surface area contributed by atoms with E-state index in [0.717, 1.165) is 32.5 Å². The van der Waals surface area contributed by atoms with Gasteiger partial charge in [-0.25, -0.2) is 0 Å². The van der Waals surface area contributed by atoms with E-state index in [0.29, 0.717) is 6.61 Å². The molecule has 3 nitrogen and oxygen atoms in total. The summed E-state index contributed by atoms with van der Waals surface area (Å²) in [7, 11) is 0. The first-order valence-electron chi connectivity index (χ1n) is 10.4. The Balaban J connectivity index is 1.72. The van der Waals surface area contributed by atoms with Gasteiger partial charge in [0, 0.05) is 19.8 Å². The Hall–Kier alpha value is -0.380. The van der Waals surface area contributed by atoms with Crippen LogP contribution >= 0.6 is 0 Å². The van der Waals surface area contributed by atoms with Gasteiger partial charge in [-0.1, -0.05) is 50.7 Å². The average Bonchev–Trinajstić information content (AvgIpc) is 2.62. The topological polar surface area (TPSA) is 38.7 Å². The number of hydrogen-bond acceptors (Lipinski definition) is 3. The van der Waals surface area contributed by atoms with Crippen molar-refractivity contribution in [3.8, 4) is 0 Å². The van der Waals surface area contributed by atoms with E-state index >= 15 is 0 Å². The number of aliphatic hydroxyl groups excluding tert-OH is 1. The molecule has 0 spiro atoms. The smallest absolute Gasteiger partial charge is 0.157 e. The molecule has 1 fully saturated rings. The Bertz CT molecular complexity index is 272. The molecule has 142 valence electrons. The molecule has 0 saturated carbocycles. The van der Waals surface area contributed by atoms with Crippen LogP contribution in [-0.2, 0) is 9.47 Å². The summed E-state index contributed by atoms with van der Waals surface area (Å²) in [6, 6.07) is 0. The zero-order valence-corrected chi connectivity index (χ0v) is 15.7. The van der Waals surface area contributed by atoms with Crippen molar-refractivity contribution < 1.29 is 14.6 Å². The Morgan fingerprint density at radius 1 is 0.792 bits per heavy atom. The van der Waals surface area contributed by atoms with E-state index < -0.39 is 0 Å². The van der Waals surface area contributed by atoms with Crippen molar-refractivity contribution in [2.45, 2.75) is 103 Å². The minimum absolute atomic E-state index is 0.0731. The number of unbranched alkanes of at least 4 members (excludes halogenated alkanes) is 10. The van der Waals surface area contributed by atoms with Crippen LogP contribution in [0.25, 0.3) is 0 Å². The fourth-order valence-electron chi connectivity index (χ4n) is 3.09. The molecule has 1 unspecified atom stereocenters. The van der Waals surface area contributed by atoms with Crippen LogP contribution < -0.4 is 0 Å². The first kappa shape index (κ1) is 21.7. The van der Waals surface area contributed by atoms with E-state index in [1.807, 2.05) is 0 Å². The molecule has 0 amide bonds. The summed E-state index contributed by atoms with van der Waals surface area (Å²) in [5.74, 6) is 0. The second-order valence-electron chi connectivity index (χ2n) is 6.97. The van der Waals surface area contributed by atoms with Crippen molar-refractivity contribution in [1.29, 1.82) is 0 Å². The first-order chi connectivity index (χ1) is 11.9. The molecular weight excluding hydrogens is 300 g/mol. The monoisotopic (exact) mass is 340 g/mol. The van der Waals surface area contributed by atoms with Crippen molar-refractivity contribution in [3.05, 3.63) is 12.2 Å². The van der Waals surface area contributed by atoms with Gasteiger partial charge in [-0.15, -0.1) is 0 Å². The van der Waals surface area contributed by atoms with Gasteiger partial charge in [0.25, 0.3) is 0 Å². The molecule has 1 aliphatic rings. The van der Waals surface area contributed by atoms with Gasteiger partial charge >= 0.3 is 0 Å². The lowest BCUT2D eigenvalue weighted by atomic mass is 10.1. The van der Waals surface area contributed by atoms with E-state index in [2.05, 4.69) is 12.2 Å². The van der Waals surface area contributed by atoms with Crippen LogP contribution in [0.1, 0.15) is 96.3 Å². The zero-order chi connectivity index (χ0) is 17.1. The quantitative estimate of drug-likeness (QED) is 0.287. The van der Waals surface area contributed by atoms with Gasteiger partial charge in [0.1, 0.15) is 0 Å². The van der Waals surface area contributed by atoms with E-state index in [4.69, 9.17) is 14.6 Å². The van der Waals surface area contributed by atoms with E-state index in [-0.39, 0.29) is 6.29 Å². The largest absolute Gasteiger partial charge is 0.396 e. The van der Waals surface area contributed by atoms with Crippen molar-refractivity contribution in [1.82, 2.24) is 0 Å². The summed E-state index contributed by atoms with van der Waals surface area (Å²) in [6.45, 7) is 2.07. The predicted octanol–water partition coefficient (Wildman–Crippen LogP) is 5.76. The van der Waals surface area contributed by atoms with Gasteiger partial charge in [-0.2, -0.15) is 0 Å². The highest BCUT2D eigenvalue weighted by atomic mass is 16.7. The Labute approximate surface area is 149 Å². The van der Waals surface area contributed by atoms with Gasteiger partial charge in [-0.3, -0.25) is 0 Å². The van der Waals surface area contributed by atoms with Gasteiger partial charge in [0.2, 0.25) is 0 Å². The summed E-state index contributed by atoms with van der Waals surface area (Å²) in [5.41, 5.74) is 0. The lowest BCUT2D eigenvalue weighted by molar-refractivity contribution is -0.162. The maximum Gasteiger partial charge on any atom is 0.157 e. The van der Waals surface area contributed by atoms with Crippen LogP contribution in [0.5, 0.6) is 0 Å². The molecule has 0 aromatic carbocycles. The zero-order valence-electron chi connectivity index (χ0n) is 15.7. The fraction of sp³-hybridized carbons (Fsp3) is 0.905. The highest BCUT2D eigenvalue weighted by Gasteiger charge is 2.12. The third-order valence-corrected chi connectivity index (χ3v) is 4.65. The highest BCUT2D eigenvalue weighted by molar-refractivity contribution is 4.81. The minimum atomic E-state index is 0.0731. The summed E-state index contributed by atoms with van der Waals surface area (Å²) in [5, 5.41) is 8.71. The van der Waals surface area contributed by atoms with Gasteiger partial charge in [0.15, 0.2) is 6.29 Å². The molecule has 1 aliphatic heterocycles. The lowest BCUT2D eigenvalue weighted by Gasteiger charge is -2.22. The lowest BCUT2D eigenvalue weighted by Crippen LogP contribution is -2.22. The Morgan fingerprint density at radius 3 is 2.04 bits per heavy atom. The Kier molecular flexibility index (Phi) is 15.7. The molecule has 1 saturated heterocycles. The number of rotatable bonds is 16. The van der Waals surface area contributed by atoms with E-state index in [1.54, 1.807) is 0 Å². The summed E-state index contributed by atoms with van der Waals surface area (Å²) < 4.78 is 11.3. The van der Waals surface area contributed by atoms with E-state index in [9.17, 15) is 0 Å². The second kappa shape index (κ2) is 17.4. The van der Waals surface area contributed by atoms with Gasteiger partial charge in [-0.05, 0) is 57.8 Å². The van der Waals surface area contributed by atoms with Crippen LogP contribution in [0.15, 0.2) is 12.2 Å². The Morgan fingerprint density at radius 2 is 1.42 bits per heavy atom. The third-order valence-electron chi connectivity index (χ3n) is 4.65. The first-order valence-corrected chi connectivity index (χ1v) is 10.4. The van der Waals surface area contributed by atoms with Crippen molar-refractivity contribution in [3.63, 3.8) is 0 Å². The molecule has 1 rings (SSSR count). The maximum atomic E-state index is 8.71. The number of hydrogen-bond donors (Lipinski definition) is 1. The van der Waals surface area contributed by atoms with Crippen LogP contribution in [0.2, 0.25) is 0 Å². The molecule has 24 heavy (non-hydrogen) atoms. The predicted molar refractivity (Wildman–Crippen MR) is 101 cm³/mol. The van der Waals surface area contributed by atoms with E-state index in [1.165, 1.54) is 77.0 Å². The van der Waals surface area contributed by atoms with Crippen LogP contribution in [0.4, 0.5) is 0 Å². The maximum absolute atomic E-state index is 8.71. The molecule has 0 bridgehead atoms. The molecule has 3 heteroatoms. The van der Waals surface area contributed by atoms with Crippen molar-refractivity contribution in [2.24, 2.45) is 0 Å². The van der Waals surface area contributed by atoms with Crippen molar-refractivity contribution in [2.75, 3.05) is 19.8 Å². The van der Waals surface area contributed by atoms with Crippen molar-refractivity contribution >= 4 is 0 Å². The number of aliphatic hydroxyl groups is 1. The average molecular weight is 341 g/mol. The number of ether oxygens (including phenoxy) is 2. The fourth-order valence-corrected chi connectivity index (χ4v) is 3.09. The summed E-state index contributed by atoms with van der Waals surface area (Å²) >= 11 is 0. The number of allylic oxidation sites excluding steroid dienone is 2. The molecule has 0 radical (unpaired) electrons. The van der Waals surface area contributed by atoms with Crippen LogP contribution in [0.3, 0.4) is 0 Å². The minimum Gasteiger partial charge on any atom is -0.396 e. The molecule has 1 atom stereocenters. The second-order valence-corrected chi connectivity index (χ2v) is 6.97. The molecule has 0 aromatic heterocycles. The normalized spacial score (nSPS) is 18.5. The molecule has 0 aromatic rings. The molecule has 0 aliphatic carbocycles. The summed E-state index contributed by atoms with van der Waals surface area (Å²) in [6.07, 6.45) is 23.3. The highest BCUT2D eigenvalue weighted by Crippen LogP contribution is 2.14. The molecule has 1 heterocycles. The standard InChI is InChI=1S/C21H40O3/c22-18-14-11-9-7-5-3-1-2-4-6-8-10-12-15-19-23-21-17-13-16-20-24-21/h6,8,21-22H,1-5,7,9-20H2. The molecular formula is C21H40O3. The van der Waals surface area contributed by atoms with Crippen LogP contribution in [-0.4, -0.2) is 31.2 Å². The van der Waals surface area contributed by atoms with Crippen LogP contribution in [0, 0.1) is 0 Å². The summed E-state index contributed by atoms with van der Waals surface area (Å²) in [4.78, 5) is 0. The molecule has 1 N–H and O–H groups in total.